The number of benzene rings is 1. The molecule has 1 aliphatic rings. The summed E-state index contributed by atoms with van der Waals surface area (Å²) in [4.78, 5) is 17.5. The molecule has 0 radical (unpaired) electrons. The molecule has 1 fully saturated rings. The third-order valence-electron chi connectivity index (χ3n) is 3.97. The van der Waals surface area contributed by atoms with Gasteiger partial charge in [0.05, 0.1) is 0 Å². The molecule has 0 saturated carbocycles. The van der Waals surface area contributed by atoms with Gasteiger partial charge in [0.25, 0.3) is 5.91 Å². The minimum atomic E-state index is 0.0497. The number of rotatable bonds is 2. The summed E-state index contributed by atoms with van der Waals surface area (Å²) in [6.45, 7) is 1.68. The molecule has 1 aromatic heterocycles. The maximum Gasteiger partial charge on any atom is 0.270 e. The molecular weight excluding hydrogens is 320 g/mol. The van der Waals surface area contributed by atoms with E-state index in [2.05, 4.69) is 20.9 Å². The number of H-pyrrole nitrogens is 1. The lowest BCUT2D eigenvalue weighted by Crippen LogP contribution is -2.39. The van der Waals surface area contributed by atoms with Crippen LogP contribution < -0.4 is 0 Å². The van der Waals surface area contributed by atoms with Crippen molar-refractivity contribution in [3.8, 4) is 0 Å². The largest absolute Gasteiger partial charge is 0.396 e. The second-order valence-electron chi connectivity index (χ2n) is 5.33. The zero-order valence-corrected chi connectivity index (χ0v) is 12.7. The van der Waals surface area contributed by atoms with Gasteiger partial charge < -0.3 is 15.0 Å². The number of hydrogen-bond donors (Lipinski definition) is 2. The Morgan fingerprint density at radius 1 is 1.35 bits per heavy atom. The SMILES string of the molecule is O=C(c1cc2ccc(Br)cc2[nH]1)N1CCC(CO)CC1. The van der Waals surface area contributed by atoms with Crippen molar-refractivity contribution in [2.24, 2.45) is 5.92 Å². The lowest BCUT2D eigenvalue weighted by molar-refractivity contribution is 0.0646. The van der Waals surface area contributed by atoms with E-state index < -0.39 is 0 Å². The van der Waals surface area contributed by atoms with Crippen molar-refractivity contribution in [2.45, 2.75) is 12.8 Å². The van der Waals surface area contributed by atoms with Crippen LogP contribution in [0.25, 0.3) is 10.9 Å². The van der Waals surface area contributed by atoms with Gasteiger partial charge in [0, 0.05) is 35.1 Å². The smallest absolute Gasteiger partial charge is 0.270 e. The number of halogens is 1. The molecule has 0 spiro atoms. The molecular formula is C15H17BrN2O2. The highest BCUT2D eigenvalue weighted by Crippen LogP contribution is 2.23. The summed E-state index contributed by atoms with van der Waals surface area (Å²) >= 11 is 3.43. The first-order valence-electron chi connectivity index (χ1n) is 6.86. The number of nitrogens with zero attached hydrogens (tertiary/aromatic N) is 1. The van der Waals surface area contributed by atoms with Gasteiger partial charge in [0.15, 0.2) is 0 Å². The van der Waals surface area contributed by atoms with Crippen molar-refractivity contribution >= 4 is 32.7 Å². The molecule has 0 atom stereocenters. The maximum atomic E-state index is 12.5. The highest BCUT2D eigenvalue weighted by molar-refractivity contribution is 9.10. The fourth-order valence-electron chi connectivity index (χ4n) is 2.70. The summed E-state index contributed by atoms with van der Waals surface area (Å²) < 4.78 is 0.995. The van der Waals surface area contributed by atoms with Crippen LogP contribution in [0.15, 0.2) is 28.7 Å². The van der Waals surface area contributed by atoms with Crippen molar-refractivity contribution < 1.29 is 9.90 Å². The number of aliphatic hydroxyl groups is 1. The van der Waals surface area contributed by atoms with E-state index in [1.807, 2.05) is 29.2 Å². The number of carbonyl (C=O) groups excluding carboxylic acids is 1. The number of hydrogen-bond acceptors (Lipinski definition) is 2. The third-order valence-corrected chi connectivity index (χ3v) is 4.47. The summed E-state index contributed by atoms with van der Waals surface area (Å²) in [5, 5.41) is 10.2. The Morgan fingerprint density at radius 2 is 2.10 bits per heavy atom. The predicted molar refractivity (Wildman–Crippen MR) is 81.7 cm³/mol. The second kappa shape index (κ2) is 5.58. The molecule has 1 amide bonds. The molecule has 0 unspecified atom stereocenters. The van der Waals surface area contributed by atoms with Crippen molar-refractivity contribution in [3.05, 3.63) is 34.4 Å². The van der Waals surface area contributed by atoms with E-state index in [-0.39, 0.29) is 12.5 Å². The fraction of sp³-hybridized carbons (Fsp3) is 0.400. The van der Waals surface area contributed by atoms with E-state index in [0.29, 0.717) is 11.6 Å². The molecule has 106 valence electrons. The molecule has 2 heterocycles. The standard InChI is InChI=1S/C15H17BrN2O2/c16-12-2-1-11-7-14(17-13(11)8-12)15(20)18-5-3-10(9-19)4-6-18/h1-2,7-8,10,17,19H,3-6,9H2. The van der Waals surface area contributed by atoms with E-state index in [1.54, 1.807) is 0 Å². The summed E-state index contributed by atoms with van der Waals surface area (Å²) in [6.07, 6.45) is 1.77. The van der Waals surface area contributed by atoms with E-state index in [0.717, 1.165) is 41.3 Å². The Morgan fingerprint density at radius 3 is 2.80 bits per heavy atom. The highest BCUT2D eigenvalue weighted by atomic mass is 79.9. The number of aromatic nitrogens is 1. The first-order valence-corrected chi connectivity index (χ1v) is 7.65. The number of piperidine rings is 1. The summed E-state index contributed by atoms with van der Waals surface area (Å²) in [6, 6.07) is 7.84. The van der Waals surface area contributed by atoms with Crippen LogP contribution in [0.2, 0.25) is 0 Å². The predicted octanol–water partition coefficient (Wildman–Crippen LogP) is 2.77. The van der Waals surface area contributed by atoms with Gasteiger partial charge in [0.1, 0.15) is 5.69 Å². The zero-order valence-electron chi connectivity index (χ0n) is 11.1. The van der Waals surface area contributed by atoms with E-state index >= 15 is 0 Å². The summed E-state index contributed by atoms with van der Waals surface area (Å²) in [7, 11) is 0. The van der Waals surface area contributed by atoms with E-state index in [4.69, 9.17) is 5.11 Å². The molecule has 1 saturated heterocycles. The lowest BCUT2D eigenvalue weighted by atomic mass is 9.98. The lowest BCUT2D eigenvalue weighted by Gasteiger charge is -2.30. The van der Waals surface area contributed by atoms with Crippen molar-refractivity contribution in [1.82, 2.24) is 9.88 Å². The Labute approximate surface area is 125 Å². The van der Waals surface area contributed by atoms with Gasteiger partial charge in [-0.2, -0.15) is 0 Å². The van der Waals surface area contributed by atoms with E-state index in [9.17, 15) is 4.79 Å². The highest BCUT2D eigenvalue weighted by Gasteiger charge is 2.24. The van der Waals surface area contributed by atoms with Gasteiger partial charge in [-0.15, -0.1) is 0 Å². The van der Waals surface area contributed by atoms with Crippen molar-refractivity contribution in [1.29, 1.82) is 0 Å². The van der Waals surface area contributed by atoms with Gasteiger partial charge in [-0.3, -0.25) is 4.79 Å². The quantitative estimate of drug-likeness (QED) is 0.885. The van der Waals surface area contributed by atoms with Crippen LogP contribution in [0.5, 0.6) is 0 Å². The number of amides is 1. The molecule has 2 N–H and O–H groups in total. The minimum Gasteiger partial charge on any atom is -0.396 e. The number of carbonyl (C=O) groups is 1. The van der Waals surface area contributed by atoms with Crippen LogP contribution in [0.1, 0.15) is 23.3 Å². The van der Waals surface area contributed by atoms with Gasteiger partial charge >= 0.3 is 0 Å². The van der Waals surface area contributed by atoms with Crippen molar-refractivity contribution in [3.63, 3.8) is 0 Å². The van der Waals surface area contributed by atoms with Gasteiger partial charge in [0.2, 0.25) is 0 Å². The monoisotopic (exact) mass is 336 g/mol. The van der Waals surface area contributed by atoms with Gasteiger partial charge in [-0.1, -0.05) is 22.0 Å². The maximum absolute atomic E-state index is 12.5. The van der Waals surface area contributed by atoms with Crippen LogP contribution in [0, 0.1) is 5.92 Å². The van der Waals surface area contributed by atoms with E-state index in [1.165, 1.54) is 0 Å². The molecule has 3 rings (SSSR count). The van der Waals surface area contributed by atoms with Gasteiger partial charge in [-0.25, -0.2) is 0 Å². The molecule has 0 aliphatic carbocycles. The summed E-state index contributed by atoms with van der Waals surface area (Å²) in [5.74, 6) is 0.395. The molecule has 4 nitrogen and oxygen atoms in total. The molecule has 1 aromatic carbocycles. The number of nitrogens with one attached hydrogen (secondary N) is 1. The van der Waals surface area contributed by atoms with Gasteiger partial charge in [-0.05, 0) is 37.0 Å². The summed E-state index contributed by atoms with van der Waals surface area (Å²) in [5.41, 5.74) is 1.61. The first-order chi connectivity index (χ1) is 9.67. The van der Waals surface area contributed by atoms with Crippen LogP contribution in [0.4, 0.5) is 0 Å². The first kappa shape index (κ1) is 13.6. The molecule has 1 aliphatic heterocycles. The Balaban J connectivity index is 1.79. The van der Waals surface area contributed by atoms with Crippen LogP contribution in [0.3, 0.4) is 0 Å². The van der Waals surface area contributed by atoms with Crippen LogP contribution in [-0.2, 0) is 0 Å². The molecule has 0 bridgehead atoms. The zero-order chi connectivity index (χ0) is 14.1. The van der Waals surface area contributed by atoms with Crippen molar-refractivity contribution in [2.75, 3.05) is 19.7 Å². The molecule has 20 heavy (non-hydrogen) atoms. The minimum absolute atomic E-state index is 0.0497. The average Bonchev–Trinajstić information content (AvgIpc) is 2.89. The fourth-order valence-corrected chi connectivity index (χ4v) is 3.06. The Hall–Kier alpha value is -1.33. The number of likely N-dealkylation sites (tertiary alicyclic amines) is 1. The number of aliphatic hydroxyl groups excluding tert-OH is 1. The van der Waals surface area contributed by atoms with Crippen LogP contribution in [-0.4, -0.2) is 40.6 Å². The molecule has 2 aromatic rings. The Kier molecular flexibility index (Phi) is 3.81. The average molecular weight is 337 g/mol. The number of aromatic amines is 1. The third kappa shape index (κ3) is 2.60. The second-order valence-corrected chi connectivity index (χ2v) is 6.25. The number of fused-ring (bicyclic) bond motifs is 1. The van der Waals surface area contributed by atoms with Crippen LogP contribution >= 0.6 is 15.9 Å². The normalized spacial score (nSPS) is 16.8. The molecule has 5 heteroatoms. The Bertz CT molecular complexity index is 630. The topological polar surface area (TPSA) is 56.3 Å².